The van der Waals surface area contributed by atoms with Crippen LogP contribution in [0, 0.1) is 0 Å². The van der Waals surface area contributed by atoms with Gasteiger partial charge < -0.3 is 20.6 Å². The molecule has 2 aromatic carbocycles. The van der Waals surface area contributed by atoms with Crippen LogP contribution in [0.1, 0.15) is 17.3 Å². The number of hydrogen-bond acceptors (Lipinski definition) is 6. The van der Waals surface area contributed by atoms with E-state index < -0.39 is 27.5 Å². The highest BCUT2D eigenvalue weighted by molar-refractivity contribution is 7.91. The van der Waals surface area contributed by atoms with Crippen molar-refractivity contribution < 1.29 is 36.3 Å². The van der Waals surface area contributed by atoms with Crippen LogP contribution < -0.4 is 10.6 Å². The number of rotatable bonds is 8. The third kappa shape index (κ3) is 6.26. The van der Waals surface area contributed by atoms with Gasteiger partial charge in [0.1, 0.15) is 0 Å². The van der Waals surface area contributed by atoms with Crippen LogP contribution in [-0.2, 0) is 14.6 Å². The molecule has 2 aromatic rings. The number of sulfone groups is 1. The first-order valence-corrected chi connectivity index (χ1v) is 11.6. The molecule has 2 amide bonds. The van der Waals surface area contributed by atoms with Gasteiger partial charge in [-0.05, 0) is 63.5 Å². The van der Waals surface area contributed by atoms with Gasteiger partial charge in [0, 0.05) is 18.7 Å². The molecule has 8 nitrogen and oxygen atoms in total. The fourth-order valence-corrected chi connectivity index (χ4v) is 4.13. The van der Waals surface area contributed by atoms with Crippen molar-refractivity contribution in [1.82, 2.24) is 10.2 Å². The van der Waals surface area contributed by atoms with Crippen molar-refractivity contribution in [3.05, 3.63) is 53.1 Å². The largest absolute Gasteiger partial charge is 0.426 e. The molecule has 2 rings (SSSR count). The molecule has 0 heterocycles. The first-order chi connectivity index (χ1) is 15.6. The molecule has 0 aliphatic carbocycles. The Morgan fingerprint density at radius 3 is 2.12 bits per heavy atom. The number of aliphatic hydroxyl groups is 1. The summed E-state index contributed by atoms with van der Waals surface area (Å²) < 4.78 is 64.2. The van der Waals surface area contributed by atoms with Gasteiger partial charge in [-0.3, -0.25) is 9.59 Å². The molecule has 34 heavy (non-hydrogen) atoms. The minimum atomic E-state index is -5.23. The van der Waals surface area contributed by atoms with E-state index in [0.717, 1.165) is 18.2 Å². The summed E-state index contributed by atoms with van der Waals surface area (Å²) in [6, 6.07) is 8.16. The number of likely N-dealkylation sites (N-methyl/N-ethyl adjacent to an activating group) is 1. The van der Waals surface area contributed by atoms with E-state index in [2.05, 4.69) is 5.32 Å². The Hall–Kier alpha value is -2.67. The van der Waals surface area contributed by atoms with Crippen molar-refractivity contribution in [3.63, 3.8) is 0 Å². The molecular weight excluding hydrogens is 499 g/mol. The Bertz CT molecular complexity index is 1170. The predicted molar refractivity (Wildman–Crippen MR) is 120 cm³/mol. The van der Waals surface area contributed by atoms with Gasteiger partial charge in [-0.15, -0.1) is 0 Å². The van der Waals surface area contributed by atoms with Gasteiger partial charge >= 0.3 is 6.18 Å². The molecule has 0 aliphatic rings. The quantitative estimate of drug-likeness (QED) is 0.492. The summed E-state index contributed by atoms with van der Waals surface area (Å²) in [4.78, 5) is 25.4. The van der Waals surface area contributed by atoms with Gasteiger partial charge in [0.25, 0.3) is 11.8 Å². The summed E-state index contributed by atoms with van der Waals surface area (Å²) in [5.41, 5.74) is -3.74. The topological polar surface area (TPSA) is 116 Å². The Labute approximate surface area is 199 Å². The molecular formula is C21H23ClF3N3O5S. The van der Waals surface area contributed by atoms with Gasteiger partial charge in [-0.2, -0.15) is 13.2 Å². The van der Waals surface area contributed by atoms with Gasteiger partial charge in [0.2, 0.25) is 15.4 Å². The number of anilines is 1. The van der Waals surface area contributed by atoms with Crippen molar-refractivity contribution in [2.24, 2.45) is 0 Å². The van der Waals surface area contributed by atoms with Crippen LogP contribution in [0.4, 0.5) is 18.9 Å². The molecule has 0 aromatic heterocycles. The maximum Gasteiger partial charge on any atom is 0.426 e. The second kappa shape index (κ2) is 10.3. The van der Waals surface area contributed by atoms with E-state index in [-0.39, 0.29) is 38.9 Å². The Morgan fingerprint density at radius 2 is 1.62 bits per heavy atom. The minimum absolute atomic E-state index is 0.148. The molecule has 0 fully saturated rings. The lowest BCUT2D eigenvalue weighted by Crippen LogP contribution is -2.52. The fourth-order valence-electron chi connectivity index (χ4n) is 2.55. The van der Waals surface area contributed by atoms with Crippen molar-refractivity contribution in [1.29, 1.82) is 0 Å². The zero-order valence-corrected chi connectivity index (χ0v) is 20.0. The van der Waals surface area contributed by atoms with E-state index in [4.69, 9.17) is 11.6 Å². The number of benzene rings is 2. The molecule has 0 aliphatic heterocycles. The average molecular weight is 522 g/mol. The number of hydrogen-bond donors (Lipinski definition) is 3. The van der Waals surface area contributed by atoms with Crippen molar-refractivity contribution in [3.8, 4) is 0 Å². The number of nitrogens with one attached hydrogen (secondary N) is 2. The maximum atomic E-state index is 12.9. The highest BCUT2D eigenvalue weighted by Crippen LogP contribution is 2.33. The van der Waals surface area contributed by atoms with Gasteiger partial charge in [0.05, 0.1) is 20.5 Å². The SMILES string of the molecule is CN(C)CCNC(=O)c1ccc(S(=O)(=O)c2ccc(NC(=O)[C@@](C)(O)C(F)(F)F)c(Cl)c2)cc1. The lowest BCUT2D eigenvalue weighted by molar-refractivity contribution is -0.242. The highest BCUT2D eigenvalue weighted by Gasteiger charge is 2.55. The Balaban J connectivity index is 2.20. The second-order valence-electron chi connectivity index (χ2n) is 7.75. The van der Waals surface area contributed by atoms with Gasteiger partial charge in [-0.25, -0.2) is 8.42 Å². The summed E-state index contributed by atoms with van der Waals surface area (Å²) in [6.07, 6.45) is -5.23. The molecule has 186 valence electrons. The summed E-state index contributed by atoms with van der Waals surface area (Å²) in [5.74, 6) is -2.15. The first-order valence-electron chi connectivity index (χ1n) is 9.75. The molecule has 0 bridgehead atoms. The fraction of sp³-hybridized carbons (Fsp3) is 0.333. The third-order valence-corrected chi connectivity index (χ3v) is 6.84. The highest BCUT2D eigenvalue weighted by atomic mass is 35.5. The normalized spacial score (nSPS) is 13.9. The third-order valence-electron chi connectivity index (χ3n) is 4.76. The average Bonchev–Trinajstić information content (AvgIpc) is 2.73. The Kier molecular flexibility index (Phi) is 8.35. The van der Waals surface area contributed by atoms with Gasteiger partial charge in [-0.1, -0.05) is 11.6 Å². The molecule has 13 heteroatoms. The number of alkyl halides is 3. The summed E-state index contributed by atoms with van der Waals surface area (Å²) in [7, 11) is -0.390. The maximum absolute atomic E-state index is 12.9. The molecule has 1 atom stereocenters. The van der Waals surface area contributed by atoms with Crippen LogP contribution in [-0.4, -0.2) is 69.2 Å². The number of halogens is 4. The smallest absolute Gasteiger partial charge is 0.373 e. The summed E-state index contributed by atoms with van der Waals surface area (Å²) in [6.45, 7) is 1.32. The molecule has 0 saturated carbocycles. The lowest BCUT2D eigenvalue weighted by atomic mass is 10.1. The van der Waals surface area contributed by atoms with Gasteiger partial charge in [0.15, 0.2) is 0 Å². The number of carbonyl (C=O) groups is 2. The number of nitrogens with zero attached hydrogens (tertiary/aromatic N) is 1. The number of carbonyl (C=O) groups excluding carboxylic acids is 2. The standard InChI is InChI=1S/C21H23ClF3N3O5S/c1-20(31,21(23,24)25)19(30)27-17-9-8-15(12-16(17)22)34(32,33)14-6-4-13(5-7-14)18(29)26-10-11-28(2)3/h4-9,12,31H,10-11H2,1-3H3,(H,26,29)(H,27,30)/t20-/m1/s1. The van der Waals surface area contributed by atoms with Crippen LogP contribution in [0.3, 0.4) is 0 Å². The van der Waals surface area contributed by atoms with Crippen LogP contribution in [0.2, 0.25) is 5.02 Å². The molecule has 0 spiro atoms. The van der Waals surface area contributed by atoms with Crippen molar-refractivity contribution in [2.45, 2.75) is 28.5 Å². The van der Waals surface area contributed by atoms with E-state index in [0.29, 0.717) is 13.1 Å². The van der Waals surface area contributed by atoms with Crippen LogP contribution in [0.25, 0.3) is 0 Å². The second-order valence-corrected chi connectivity index (χ2v) is 10.1. The monoisotopic (exact) mass is 521 g/mol. The van der Waals surface area contributed by atoms with Crippen molar-refractivity contribution >= 4 is 38.9 Å². The van der Waals surface area contributed by atoms with Crippen LogP contribution in [0.5, 0.6) is 0 Å². The lowest BCUT2D eigenvalue weighted by Gasteiger charge is -2.25. The molecule has 0 unspecified atom stereocenters. The van der Waals surface area contributed by atoms with Crippen LogP contribution >= 0.6 is 11.6 Å². The van der Waals surface area contributed by atoms with E-state index in [1.54, 1.807) is 0 Å². The molecule has 0 saturated heterocycles. The van der Waals surface area contributed by atoms with E-state index in [9.17, 15) is 36.3 Å². The zero-order chi connectivity index (χ0) is 25.9. The minimum Gasteiger partial charge on any atom is -0.373 e. The van der Waals surface area contributed by atoms with E-state index in [1.165, 1.54) is 24.3 Å². The Morgan fingerprint density at radius 1 is 1.06 bits per heavy atom. The molecule has 0 radical (unpaired) electrons. The summed E-state index contributed by atoms with van der Waals surface area (Å²) >= 11 is 5.97. The molecule has 3 N–H and O–H groups in total. The first kappa shape index (κ1) is 27.6. The predicted octanol–water partition coefficient (Wildman–Crippen LogP) is 2.72. The number of amides is 2. The van der Waals surface area contributed by atoms with Crippen LogP contribution in [0.15, 0.2) is 52.3 Å². The van der Waals surface area contributed by atoms with Crippen molar-refractivity contribution in [2.75, 3.05) is 32.5 Å². The zero-order valence-electron chi connectivity index (χ0n) is 18.4. The van der Waals surface area contributed by atoms with E-state index in [1.807, 2.05) is 24.3 Å². The summed E-state index contributed by atoms with van der Waals surface area (Å²) in [5, 5.41) is 13.6. The van der Waals surface area contributed by atoms with E-state index >= 15 is 0 Å².